The van der Waals surface area contributed by atoms with E-state index in [4.69, 9.17) is 4.74 Å². The summed E-state index contributed by atoms with van der Waals surface area (Å²) >= 11 is 0. The molecule has 4 heteroatoms. The number of fused-ring (bicyclic) bond motifs is 2. The third-order valence-electron chi connectivity index (χ3n) is 5.16. The predicted octanol–water partition coefficient (Wildman–Crippen LogP) is 3.94. The van der Waals surface area contributed by atoms with Crippen molar-refractivity contribution in [1.82, 2.24) is 10.2 Å². The summed E-state index contributed by atoms with van der Waals surface area (Å²) in [5.74, 6) is 0. The molecule has 2 aliphatic rings. The average Bonchev–Trinajstić information content (AvgIpc) is 2.66. The predicted molar refractivity (Wildman–Crippen MR) is 90.0 cm³/mol. The second-order valence-electron chi connectivity index (χ2n) is 8.84. The number of hydrogen-bond acceptors (Lipinski definition) is 3. The third-order valence-corrected chi connectivity index (χ3v) is 5.16. The molecule has 0 aromatic rings. The zero-order chi connectivity index (χ0) is 16.5. The van der Waals surface area contributed by atoms with Crippen LogP contribution in [0.15, 0.2) is 0 Å². The van der Waals surface area contributed by atoms with E-state index >= 15 is 0 Å². The molecule has 2 heterocycles. The minimum absolute atomic E-state index is 0.118. The third kappa shape index (κ3) is 4.37. The molecule has 0 saturated carbocycles. The maximum Gasteiger partial charge on any atom is 0.410 e. The SMILES string of the molecule is CCC(C)(C)CNC1CC2CCC(C1)N2C(=O)OC(C)(C)C. The molecule has 0 aliphatic carbocycles. The second-order valence-corrected chi connectivity index (χ2v) is 8.84. The molecule has 2 rings (SSSR count). The van der Waals surface area contributed by atoms with Gasteiger partial charge in [0.05, 0.1) is 0 Å². The number of hydrogen-bond donors (Lipinski definition) is 1. The first-order valence-electron chi connectivity index (χ1n) is 8.86. The second kappa shape index (κ2) is 6.38. The van der Waals surface area contributed by atoms with Gasteiger partial charge in [-0.25, -0.2) is 4.79 Å². The van der Waals surface area contributed by atoms with Gasteiger partial charge in [-0.2, -0.15) is 0 Å². The van der Waals surface area contributed by atoms with Gasteiger partial charge in [-0.3, -0.25) is 0 Å². The fourth-order valence-corrected chi connectivity index (χ4v) is 3.50. The number of piperidine rings is 1. The van der Waals surface area contributed by atoms with Crippen LogP contribution in [0.3, 0.4) is 0 Å². The summed E-state index contributed by atoms with van der Waals surface area (Å²) in [6.45, 7) is 13.7. The summed E-state index contributed by atoms with van der Waals surface area (Å²) in [5.41, 5.74) is -0.0574. The summed E-state index contributed by atoms with van der Waals surface area (Å²) in [5, 5.41) is 3.74. The maximum atomic E-state index is 12.4. The summed E-state index contributed by atoms with van der Waals surface area (Å²) in [6.07, 6.45) is 5.44. The lowest BCUT2D eigenvalue weighted by Gasteiger charge is -2.40. The Morgan fingerprint density at radius 3 is 2.14 bits per heavy atom. The molecule has 2 unspecified atom stereocenters. The summed E-state index contributed by atoms with van der Waals surface area (Å²) < 4.78 is 5.59. The highest BCUT2D eigenvalue weighted by Gasteiger charge is 2.44. The Labute approximate surface area is 136 Å². The van der Waals surface area contributed by atoms with Gasteiger partial charge >= 0.3 is 6.09 Å². The molecule has 2 saturated heterocycles. The molecule has 0 spiro atoms. The number of amides is 1. The minimum atomic E-state index is -0.406. The van der Waals surface area contributed by atoms with E-state index in [2.05, 4.69) is 26.1 Å². The van der Waals surface area contributed by atoms with Crippen molar-refractivity contribution in [2.45, 2.75) is 97.4 Å². The Morgan fingerprint density at radius 1 is 1.14 bits per heavy atom. The van der Waals surface area contributed by atoms with E-state index in [1.165, 1.54) is 6.42 Å². The number of carbonyl (C=O) groups excluding carboxylic acids is 1. The van der Waals surface area contributed by atoms with E-state index in [0.29, 0.717) is 23.5 Å². The van der Waals surface area contributed by atoms with Crippen molar-refractivity contribution in [2.24, 2.45) is 5.41 Å². The molecule has 2 fully saturated rings. The molecule has 1 N–H and O–H groups in total. The molecule has 2 atom stereocenters. The van der Waals surface area contributed by atoms with Gasteiger partial charge < -0.3 is 15.0 Å². The number of nitrogens with zero attached hydrogens (tertiary/aromatic N) is 1. The fourth-order valence-electron chi connectivity index (χ4n) is 3.50. The largest absolute Gasteiger partial charge is 0.444 e. The summed E-state index contributed by atoms with van der Waals surface area (Å²) in [7, 11) is 0. The maximum absolute atomic E-state index is 12.4. The standard InChI is InChI=1S/C18H34N2O2/c1-7-18(5,6)12-19-13-10-14-8-9-15(11-13)20(14)16(21)22-17(2,3)4/h13-15,19H,7-12H2,1-6H3. The molecule has 0 radical (unpaired) electrons. The van der Waals surface area contributed by atoms with Gasteiger partial charge in [-0.05, 0) is 58.3 Å². The highest BCUT2D eigenvalue weighted by atomic mass is 16.6. The van der Waals surface area contributed by atoms with Gasteiger partial charge in [0.2, 0.25) is 0 Å². The van der Waals surface area contributed by atoms with Crippen molar-refractivity contribution in [1.29, 1.82) is 0 Å². The molecule has 0 aromatic carbocycles. The highest BCUT2D eigenvalue weighted by molar-refractivity contribution is 5.69. The summed E-state index contributed by atoms with van der Waals surface area (Å²) in [6, 6.07) is 1.26. The van der Waals surface area contributed by atoms with Crippen LogP contribution in [0.1, 0.15) is 73.6 Å². The minimum Gasteiger partial charge on any atom is -0.444 e. The molecule has 2 aliphatic heterocycles. The quantitative estimate of drug-likeness (QED) is 0.855. The molecule has 1 amide bonds. The number of carbonyl (C=O) groups is 1. The Kier molecular flexibility index (Phi) is 5.10. The van der Waals surface area contributed by atoms with E-state index in [1.807, 2.05) is 25.7 Å². The van der Waals surface area contributed by atoms with Crippen LogP contribution < -0.4 is 5.32 Å². The van der Waals surface area contributed by atoms with Crippen LogP contribution >= 0.6 is 0 Å². The highest BCUT2D eigenvalue weighted by Crippen LogP contribution is 2.37. The van der Waals surface area contributed by atoms with Crippen LogP contribution in [-0.2, 0) is 4.74 Å². The van der Waals surface area contributed by atoms with E-state index in [-0.39, 0.29) is 6.09 Å². The van der Waals surface area contributed by atoms with Gasteiger partial charge in [0, 0.05) is 24.7 Å². The molecular weight excluding hydrogens is 276 g/mol. The van der Waals surface area contributed by atoms with Gasteiger partial charge in [-0.1, -0.05) is 20.8 Å². The number of rotatable bonds is 4. The van der Waals surface area contributed by atoms with Crippen molar-refractivity contribution in [2.75, 3.05) is 6.54 Å². The van der Waals surface area contributed by atoms with Crippen molar-refractivity contribution in [3.63, 3.8) is 0 Å². The smallest absolute Gasteiger partial charge is 0.410 e. The first kappa shape index (κ1) is 17.6. The van der Waals surface area contributed by atoms with Gasteiger partial charge in [0.15, 0.2) is 0 Å². The van der Waals surface area contributed by atoms with Crippen molar-refractivity contribution in [3.8, 4) is 0 Å². The molecule has 128 valence electrons. The first-order chi connectivity index (χ1) is 10.1. The molecule has 2 bridgehead atoms. The Bertz CT molecular complexity index is 386. The molecular formula is C18H34N2O2. The Morgan fingerprint density at radius 2 is 1.68 bits per heavy atom. The lowest BCUT2D eigenvalue weighted by atomic mass is 9.89. The zero-order valence-corrected chi connectivity index (χ0v) is 15.2. The number of ether oxygens (including phenoxy) is 1. The van der Waals surface area contributed by atoms with Crippen molar-refractivity contribution >= 4 is 6.09 Å². The monoisotopic (exact) mass is 310 g/mol. The van der Waals surface area contributed by atoms with Crippen LogP contribution in [-0.4, -0.2) is 41.3 Å². The Hall–Kier alpha value is -0.770. The van der Waals surface area contributed by atoms with Crippen LogP contribution in [0.5, 0.6) is 0 Å². The van der Waals surface area contributed by atoms with Gasteiger partial charge in [0.25, 0.3) is 0 Å². The lowest BCUT2D eigenvalue weighted by molar-refractivity contribution is 0.00434. The van der Waals surface area contributed by atoms with Gasteiger partial charge in [0.1, 0.15) is 5.60 Å². The van der Waals surface area contributed by atoms with Crippen LogP contribution in [0.25, 0.3) is 0 Å². The lowest BCUT2D eigenvalue weighted by Crippen LogP contribution is -2.53. The topological polar surface area (TPSA) is 41.6 Å². The van der Waals surface area contributed by atoms with Crippen LogP contribution in [0.4, 0.5) is 4.79 Å². The van der Waals surface area contributed by atoms with E-state index in [1.54, 1.807) is 0 Å². The van der Waals surface area contributed by atoms with E-state index < -0.39 is 5.60 Å². The van der Waals surface area contributed by atoms with Crippen LogP contribution in [0.2, 0.25) is 0 Å². The summed E-state index contributed by atoms with van der Waals surface area (Å²) in [4.78, 5) is 14.5. The van der Waals surface area contributed by atoms with E-state index in [9.17, 15) is 4.79 Å². The Balaban J connectivity index is 1.90. The fraction of sp³-hybridized carbons (Fsp3) is 0.944. The van der Waals surface area contributed by atoms with Crippen LogP contribution in [0, 0.1) is 5.41 Å². The van der Waals surface area contributed by atoms with Crippen molar-refractivity contribution in [3.05, 3.63) is 0 Å². The molecule has 22 heavy (non-hydrogen) atoms. The van der Waals surface area contributed by atoms with E-state index in [0.717, 1.165) is 32.2 Å². The normalized spacial score (nSPS) is 28.8. The number of nitrogens with one attached hydrogen (secondary N) is 1. The average molecular weight is 310 g/mol. The van der Waals surface area contributed by atoms with Crippen molar-refractivity contribution < 1.29 is 9.53 Å². The molecule has 4 nitrogen and oxygen atoms in total. The zero-order valence-electron chi connectivity index (χ0n) is 15.2. The first-order valence-corrected chi connectivity index (χ1v) is 8.86. The molecule has 0 aromatic heterocycles. The van der Waals surface area contributed by atoms with Gasteiger partial charge in [-0.15, -0.1) is 0 Å².